The fourth-order valence-electron chi connectivity index (χ4n) is 4.04. The Hall–Kier alpha value is -3.56. The number of hydrogen-bond acceptors (Lipinski definition) is 6. The first-order valence-electron chi connectivity index (χ1n) is 12.1. The minimum atomic E-state index is -2.02. The summed E-state index contributed by atoms with van der Waals surface area (Å²) in [5.41, 5.74) is 8.99. The molecule has 1 aromatic carbocycles. The number of nitrogens with one attached hydrogen (secondary N) is 2. The number of primary amides is 1. The van der Waals surface area contributed by atoms with Gasteiger partial charge >= 0.3 is 0 Å². The Morgan fingerprint density at radius 1 is 1.27 bits per heavy atom. The van der Waals surface area contributed by atoms with E-state index in [4.69, 9.17) is 34.3 Å². The molecule has 9 nitrogen and oxygen atoms in total. The summed E-state index contributed by atoms with van der Waals surface area (Å²) in [5.74, 6) is -1.10. The molecule has 186 valence electrons. The largest absolute Gasteiger partial charge is 0.364 e. The molecule has 4 N–H and O–H groups in total. The van der Waals surface area contributed by atoms with Crippen molar-refractivity contribution in [3.8, 4) is 0 Å². The lowest BCUT2D eigenvalue weighted by molar-refractivity contribution is -0.136. The fraction of sp³-hybridized carbons (Fsp3) is 0.400. The minimum Gasteiger partial charge on any atom is -0.364 e. The maximum atomic E-state index is 12.6. The van der Waals surface area contributed by atoms with Crippen LogP contribution in [0.1, 0.15) is 60.0 Å². The third-order valence-electron chi connectivity index (χ3n) is 6.03. The number of hydrogen-bond donors (Lipinski definition) is 3. The molecule has 3 amide bonds. The lowest BCUT2D eigenvalue weighted by atomic mass is 9.48. The smallest absolute Gasteiger partial charge is 0.271 e. The number of nitrogens with two attached hydrogens (primary N) is 1. The number of carbonyl (C=O) groups is 3. The van der Waals surface area contributed by atoms with Gasteiger partial charge in [-0.05, 0) is 56.4 Å². The average molecular weight is 494 g/mol. The number of carbonyl (C=O) groups excluding carboxylic acids is 3. The van der Waals surface area contributed by atoms with E-state index in [2.05, 4.69) is 22.2 Å². The maximum absolute atomic E-state index is 12.6. The molecule has 0 spiro atoms. The lowest BCUT2D eigenvalue weighted by Crippen LogP contribution is -2.60. The van der Waals surface area contributed by atoms with E-state index in [1.165, 1.54) is 6.92 Å². The first kappa shape index (κ1) is 28.0. The third-order valence-corrected chi connectivity index (χ3v) is 6.03. The quantitative estimate of drug-likeness (QED) is 0.298. The second kappa shape index (κ2) is 11.7. The van der Waals surface area contributed by atoms with Gasteiger partial charge < -0.3 is 21.3 Å². The Kier molecular flexibility index (Phi) is 8.83. The zero-order valence-corrected chi connectivity index (χ0v) is 21.2. The van der Waals surface area contributed by atoms with Crippen molar-refractivity contribution in [1.82, 2.24) is 20.2 Å². The predicted molar refractivity (Wildman–Crippen MR) is 145 cm³/mol. The molecule has 3 rings (SSSR count). The van der Waals surface area contributed by atoms with Crippen molar-refractivity contribution in [3.05, 3.63) is 59.6 Å². The summed E-state index contributed by atoms with van der Waals surface area (Å²) in [5, 5.41) is 3.91. The average Bonchev–Trinajstić information content (AvgIpc) is 3.68. The molecule has 1 saturated carbocycles. The zero-order chi connectivity index (χ0) is 27.3. The Morgan fingerprint density at radius 2 is 1.97 bits per heavy atom. The van der Waals surface area contributed by atoms with Crippen molar-refractivity contribution in [2.45, 2.75) is 56.7 Å². The van der Waals surface area contributed by atoms with Crippen LogP contribution < -0.4 is 16.4 Å². The molecule has 1 fully saturated rings. The summed E-state index contributed by atoms with van der Waals surface area (Å²) in [6.07, 6.45) is 4.25. The molecule has 1 aromatic heterocycles. The second-order valence-corrected chi connectivity index (χ2v) is 9.09. The SMILES string of the molecule is [B]C([B])([B])N(C(=O)C=C)[C@@H](C)C(=O)NCCc1cccc(Nc2nc(C3CC3)c(CC)nc2C(N)=O)c1. The van der Waals surface area contributed by atoms with Crippen molar-refractivity contribution < 1.29 is 14.4 Å². The Bertz CT molecular complexity index is 1200. The molecule has 1 heterocycles. The van der Waals surface area contributed by atoms with Gasteiger partial charge in [-0.15, -0.1) is 0 Å². The number of aryl methyl sites for hydroxylation is 1. The van der Waals surface area contributed by atoms with E-state index in [9.17, 15) is 14.4 Å². The van der Waals surface area contributed by atoms with Gasteiger partial charge in [0.25, 0.3) is 5.91 Å². The summed E-state index contributed by atoms with van der Waals surface area (Å²) in [6, 6.07) is 6.44. The summed E-state index contributed by atoms with van der Waals surface area (Å²) >= 11 is 0. The highest BCUT2D eigenvalue weighted by molar-refractivity contribution is 6.60. The Balaban J connectivity index is 1.68. The molecule has 0 saturated heterocycles. The van der Waals surface area contributed by atoms with Gasteiger partial charge in [-0.3, -0.25) is 14.4 Å². The molecule has 12 heteroatoms. The molecule has 1 aliphatic rings. The van der Waals surface area contributed by atoms with E-state index in [-0.39, 0.29) is 12.2 Å². The zero-order valence-electron chi connectivity index (χ0n) is 21.2. The van der Waals surface area contributed by atoms with E-state index in [0.717, 1.165) is 40.8 Å². The van der Waals surface area contributed by atoms with Gasteiger partial charge in [0.05, 0.1) is 34.9 Å². The van der Waals surface area contributed by atoms with Crippen LogP contribution in [-0.2, 0) is 22.4 Å². The fourth-order valence-corrected chi connectivity index (χ4v) is 4.04. The van der Waals surface area contributed by atoms with Crippen LogP contribution in [0.5, 0.6) is 0 Å². The number of aromatic nitrogens is 2. The van der Waals surface area contributed by atoms with Crippen LogP contribution in [0.2, 0.25) is 0 Å². The van der Waals surface area contributed by atoms with Gasteiger partial charge in [0, 0.05) is 18.2 Å². The van der Waals surface area contributed by atoms with Gasteiger partial charge in [0.1, 0.15) is 6.04 Å². The van der Waals surface area contributed by atoms with Crippen LogP contribution in [-0.4, -0.2) is 74.0 Å². The van der Waals surface area contributed by atoms with Crippen molar-refractivity contribution in [3.63, 3.8) is 0 Å². The molecule has 6 radical (unpaired) electrons. The minimum absolute atomic E-state index is 0.0994. The monoisotopic (exact) mass is 494 g/mol. The topological polar surface area (TPSA) is 130 Å². The lowest BCUT2D eigenvalue weighted by Gasteiger charge is -2.40. The first-order valence-corrected chi connectivity index (χ1v) is 12.1. The number of amides is 3. The van der Waals surface area contributed by atoms with Crippen LogP contribution in [0.3, 0.4) is 0 Å². The third kappa shape index (κ3) is 7.02. The normalized spacial score (nSPS) is 13.9. The van der Waals surface area contributed by atoms with Gasteiger partial charge in [-0.1, -0.05) is 30.9 Å². The second-order valence-electron chi connectivity index (χ2n) is 9.09. The summed E-state index contributed by atoms with van der Waals surface area (Å²) in [6.45, 7) is 7.11. The first-order chi connectivity index (χ1) is 17.5. The van der Waals surface area contributed by atoms with Gasteiger partial charge in [0.2, 0.25) is 11.8 Å². The molecular weight excluding hydrogens is 465 g/mol. The van der Waals surface area contributed by atoms with Crippen molar-refractivity contribution in [2.75, 3.05) is 11.9 Å². The van der Waals surface area contributed by atoms with Crippen LogP contribution in [0.25, 0.3) is 0 Å². The molecule has 1 aliphatic carbocycles. The van der Waals surface area contributed by atoms with Crippen LogP contribution >= 0.6 is 0 Å². The van der Waals surface area contributed by atoms with E-state index in [1.807, 2.05) is 31.2 Å². The molecule has 2 aromatic rings. The van der Waals surface area contributed by atoms with E-state index >= 15 is 0 Å². The number of nitrogens with zero attached hydrogens (tertiary/aromatic N) is 3. The van der Waals surface area contributed by atoms with Crippen LogP contribution in [0, 0.1) is 0 Å². The number of benzene rings is 1. The maximum Gasteiger partial charge on any atom is 0.271 e. The van der Waals surface area contributed by atoms with Crippen molar-refractivity contribution >= 4 is 52.8 Å². The summed E-state index contributed by atoms with van der Waals surface area (Å²) < 4.78 is 0. The van der Waals surface area contributed by atoms with Gasteiger partial charge in [-0.2, -0.15) is 0 Å². The standard InChI is InChI=1S/C25H29B3N6O3/c1-4-18-20(16-9-10-16)33-23(21(32-18)22(29)36)31-17-8-6-7-15(13-17)11-12-30-24(37)14(3)34(19(35)5-2)25(26,27)28/h5-8,13-14,16H,2,4,9-12H2,1,3H3,(H2,29,36)(H,30,37)(H,31,33)/t14-/m0/s1. The summed E-state index contributed by atoms with van der Waals surface area (Å²) in [4.78, 5) is 46.8. The molecule has 1 atom stereocenters. The highest BCUT2D eigenvalue weighted by Crippen LogP contribution is 2.41. The van der Waals surface area contributed by atoms with E-state index < -0.39 is 29.0 Å². The number of anilines is 2. The van der Waals surface area contributed by atoms with Crippen molar-refractivity contribution in [2.24, 2.45) is 5.73 Å². The Labute approximate surface area is 221 Å². The molecule has 0 unspecified atom stereocenters. The number of rotatable bonds is 12. The molecular formula is C25H29B3N6O3. The van der Waals surface area contributed by atoms with E-state index in [1.54, 1.807) is 0 Å². The van der Waals surface area contributed by atoms with Gasteiger partial charge in [0.15, 0.2) is 11.5 Å². The van der Waals surface area contributed by atoms with Gasteiger partial charge in [-0.25, -0.2) is 9.97 Å². The van der Waals surface area contributed by atoms with Crippen LogP contribution in [0.15, 0.2) is 36.9 Å². The molecule has 37 heavy (non-hydrogen) atoms. The highest BCUT2D eigenvalue weighted by Gasteiger charge is 2.32. The van der Waals surface area contributed by atoms with E-state index in [0.29, 0.717) is 30.3 Å². The predicted octanol–water partition coefficient (Wildman–Crippen LogP) is 0.938. The summed E-state index contributed by atoms with van der Waals surface area (Å²) in [7, 11) is 17.0. The van der Waals surface area contributed by atoms with Crippen LogP contribution in [0.4, 0.5) is 11.5 Å². The Morgan fingerprint density at radius 3 is 2.54 bits per heavy atom. The molecule has 0 bridgehead atoms. The molecule has 0 aliphatic heterocycles. The highest BCUT2D eigenvalue weighted by atomic mass is 16.2. The van der Waals surface area contributed by atoms with Crippen molar-refractivity contribution in [1.29, 1.82) is 0 Å².